The van der Waals surface area contributed by atoms with Crippen molar-refractivity contribution in [1.29, 1.82) is 0 Å². The standard InChI is InChI=1S/C12H17NO4/c1-9(8-15-3)16-10-6-4-5-7-11(10)17-12(14)13-2/h4-7,9H,8H2,1-3H3,(H,13,14). The van der Waals surface area contributed by atoms with Gasteiger partial charge in [-0.15, -0.1) is 0 Å². The second kappa shape index (κ2) is 6.75. The number of rotatable bonds is 5. The summed E-state index contributed by atoms with van der Waals surface area (Å²) in [5.41, 5.74) is 0. The molecule has 5 heteroatoms. The van der Waals surface area contributed by atoms with E-state index in [1.807, 2.05) is 13.0 Å². The van der Waals surface area contributed by atoms with E-state index in [1.54, 1.807) is 25.3 Å². The molecule has 0 bridgehead atoms. The molecule has 17 heavy (non-hydrogen) atoms. The van der Waals surface area contributed by atoms with Gasteiger partial charge in [0.2, 0.25) is 0 Å². The summed E-state index contributed by atoms with van der Waals surface area (Å²) in [6, 6.07) is 6.99. The Labute approximate surface area is 101 Å². The lowest BCUT2D eigenvalue weighted by Gasteiger charge is -2.16. The molecule has 0 aliphatic carbocycles. The van der Waals surface area contributed by atoms with Crippen LogP contribution in [0.1, 0.15) is 6.92 Å². The Kier molecular flexibility index (Phi) is 5.29. The molecule has 5 nitrogen and oxygen atoms in total. The molecule has 0 saturated carbocycles. The molecule has 1 unspecified atom stereocenters. The van der Waals surface area contributed by atoms with Crippen molar-refractivity contribution in [3.63, 3.8) is 0 Å². The summed E-state index contributed by atoms with van der Waals surface area (Å²) < 4.78 is 15.6. The maximum Gasteiger partial charge on any atom is 0.412 e. The topological polar surface area (TPSA) is 56.8 Å². The molecule has 1 aromatic rings. The minimum Gasteiger partial charge on any atom is -0.484 e. The summed E-state index contributed by atoms with van der Waals surface area (Å²) in [5.74, 6) is 0.899. The molecule has 1 amide bonds. The highest BCUT2D eigenvalue weighted by atomic mass is 16.6. The highest BCUT2D eigenvalue weighted by Gasteiger charge is 2.11. The quantitative estimate of drug-likeness (QED) is 0.851. The summed E-state index contributed by atoms with van der Waals surface area (Å²) >= 11 is 0. The Hall–Kier alpha value is -1.75. The van der Waals surface area contributed by atoms with Gasteiger partial charge in [0.25, 0.3) is 0 Å². The van der Waals surface area contributed by atoms with E-state index in [2.05, 4.69) is 5.32 Å². The lowest BCUT2D eigenvalue weighted by atomic mass is 10.3. The third kappa shape index (κ3) is 4.32. The number of nitrogens with one attached hydrogen (secondary N) is 1. The molecule has 1 atom stereocenters. The molecule has 94 valence electrons. The van der Waals surface area contributed by atoms with Crippen LogP contribution >= 0.6 is 0 Å². The third-order valence-electron chi connectivity index (χ3n) is 1.99. The fourth-order valence-electron chi connectivity index (χ4n) is 1.27. The highest BCUT2D eigenvalue weighted by Crippen LogP contribution is 2.27. The normalized spacial score (nSPS) is 11.7. The first-order valence-corrected chi connectivity index (χ1v) is 5.31. The molecule has 0 heterocycles. The smallest absolute Gasteiger partial charge is 0.412 e. The lowest BCUT2D eigenvalue weighted by molar-refractivity contribution is 0.0900. The lowest BCUT2D eigenvalue weighted by Crippen LogP contribution is -2.23. The van der Waals surface area contributed by atoms with Crippen LogP contribution in [0.5, 0.6) is 11.5 Å². The molecule has 0 aliphatic rings. The molecular formula is C12H17NO4. The average Bonchev–Trinajstić information content (AvgIpc) is 2.31. The van der Waals surface area contributed by atoms with Crippen LogP contribution in [0.25, 0.3) is 0 Å². The predicted molar refractivity (Wildman–Crippen MR) is 63.5 cm³/mol. The van der Waals surface area contributed by atoms with Crippen molar-refractivity contribution in [2.75, 3.05) is 20.8 Å². The van der Waals surface area contributed by atoms with Gasteiger partial charge in [0.05, 0.1) is 6.61 Å². The van der Waals surface area contributed by atoms with Crippen LogP contribution in [-0.4, -0.2) is 33.0 Å². The van der Waals surface area contributed by atoms with Crippen molar-refractivity contribution < 1.29 is 19.0 Å². The van der Waals surface area contributed by atoms with Crippen molar-refractivity contribution >= 4 is 6.09 Å². The number of amides is 1. The maximum absolute atomic E-state index is 11.1. The fourth-order valence-corrected chi connectivity index (χ4v) is 1.27. The van der Waals surface area contributed by atoms with Crippen LogP contribution in [0, 0.1) is 0 Å². The average molecular weight is 239 g/mol. The van der Waals surface area contributed by atoms with Gasteiger partial charge in [-0.3, -0.25) is 0 Å². The van der Waals surface area contributed by atoms with Crippen LogP contribution < -0.4 is 14.8 Å². The Bertz CT molecular complexity index is 367. The van der Waals surface area contributed by atoms with Gasteiger partial charge in [-0.25, -0.2) is 4.79 Å². The number of ether oxygens (including phenoxy) is 3. The summed E-state index contributed by atoms with van der Waals surface area (Å²) in [5, 5.41) is 2.38. The van der Waals surface area contributed by atoms with E-state index >= 15 is 0 Å². The zero-order valence-corrected chi connectivity index (χ0v) is 10.2. The molecule has 0 aliphatic heterocycles. The minimum absolute atomic E-state index is 0.116. The van der Waals surface area contributed by atoms with Crippen LogP contribution in [0.3, 0.4) is 0 Å². The zero-order chi connectivity index (χ0) is 12.7. The summed E-state index contributed by atoms with van der Waals surface area (Å²) in [4.78, 5) is 11.1. The number of methoxy groups -OCH3 is 1. The number of hydrogen-bond acceptors (Lipinski definition) is 4. The summed E-state index contributed by atoms with van der Waals surface area (Å²) in [6.07, 6.45) is -0.644. The van der Waals surface area contributed by atoms with E-state index < -0.39 is 6.09 Å². The Morgan fingerprint density at radius 1 is 1.35 bits per heavy atom. The van der Waals surface area contributed by atoms with Crippen LogP contribution in [-0.2, 0) is 4.74 Å². The third-order valence-corrected chi connectivity index (χ3v) is 1.99. The molecular weight excluding hydrogens is 222 g/mol. The van der Waals surface area contributed by atoms with Crippen molar-refractivity contribution in [2.24, 2.45) is 0 Å². The molecule has 0 fully saturated rings. The zero-order valence-electron chi connectivity index (χ0n) is 10.2. The van der Waals surface area contributed by atoms with E-state index in [4.69, 9.17) is 14.2 Å². The van der Waals surface area contributed by atoms with Crippen LogP contribution in [0.15, 0.2) is 24.3 Å². The predicted octanol–water partition coefficient (Wildman–Crippen LogP) is 1.82. The van der Waals surface area contributed by atoms with E-state index in [1.165, 1.54) is 7.05 Å². The molecule has 0 aromatic heterocycles. The van der Waals surface area contributed by atoms with Gasteiger partial charge in [-0.1, -0.05) is 12.1 Å². The van der Waals surface area contributed by atoms with Gasteiger partial charge in [-0.05, 0) is 19.1 Å². The number of benzene rings is 1. The van der Waals surface area contributed by atoms with Gasteiger partial charge >= 0.3 is 6.09 Å². The fraction of sp³-hybridized carbons (Fsp3) is 0.417. The van der Waals surface area contributed by atoms with Crippen molar-refractivity contribution in [2.45, 2.75) is 13.0 Å². The molecule has 0 saturated heterocycles. The SMILES string of the molecule is CNC(=O)Oc1ccccc1OC(C)COC. The summed E-state index contributed by atoms with van der Waals surface area (Å²) in [6.45, 7) is 2.34. The largest absolute Gasteiger partial charge is 0.484 e. The van der Waals surface area contributed by atoms with Gasteiger partial charge < -0.3 is 19.5 Å². The van der Waals surface area contributed by atoms with E-state index in [-0.39, 0.29) is 6.10 Å². The van der Waals surface area contributed by atoms with E-state index in [0.29, 0.717) is 18.1 Å². The first-order chi connectivity index (χ1) is 8.17. The summed E-state index contributed by atoms with van der Waals surface area (Å²) in [7, 11) is 3.10. The molecule has 1 aromatic carbocycles. The minimum atomic E-state index is -0.527. The van der Waals surface area contributed by atoms with Crippen molar-refractivity contribution in [3.8, 4) is 11.5 Å². The first kappa shape index (κ1) is 13.3. The Morgan fingerprint density at radius 2 is 2.00 bits per heavy atom. The van der Waals surface area contributed by atoms with Crippen molar-refractivity contribution in [1.82, 2.24) is 5.32 Å². The van der Waals surface area contributed by atoms with E-state index in [9.17, 15) is 4.79 Å². The Balaban J connectivity index is 2.73. The second-order valence-corrected chi connectivity index (χ2v) is 3.47. The highest BCUT2D eigenvalue weighted by molar-refractivity contribution is 5.70. The van der Waals surface area contributed by atoms with Gasteiger partial charge in [0.15, 0.2) is 11.5 Å². The number of carbonyl (C=O) groups excluding carboxylic acids is 1. The monoisotopic (exact) mass is 239 g/mol. The van der Waals surface area contributed by atoms with Crippen LogP contribution in [0.4, 0.5) is 4.79 Å². The molecule has 1 N–H and O–H groups in total. The number of carbonyl (C=O) groups is 1. The number of para-hydroxylation sites is 2. The molecule has 1 rings (SSSR count). The Morgan fingerprint density at radius 3 is 2.59 bits per heavy atom. The van der Waals surface area contributed by atoms with Crippen LogP contribution in [0.2, 0.25) is 0 Å². The number of hydrogen-bond donors (Lipinski definition) is 1. The van der Waals surface area contributed by atoms with Gasteiger partial charge in [0, 0.05) is 14.2 Å². The van der Waals surface area contributed by atoms with Gasteiger partial charge in [-0.2, -0.15) is 0 Å². The van der Waals surface area contributed by atoms with Gasteiger partial charge in [0.1, 0.15) is 6.10 Å². The maximum atomic E-state index is 11.1. The van der Waals surface area contributed by atoms with E-state index in [0.717, 1.165) is 0 Å². The van der Waals surface area contributed by atoms with Crippen molar-refractivity contribution in [3.05, 3.63) is 24.3 Å². The second-order valence-electron chi connectivity index (χ2n) is 3.47. The molecule has 0 radical (unpaired) electrons. The first-order valence-electron chi connectivity index (χ1n) is 5.31. The molecule has 0 spiro atoms.